The molecule has 23 heavy (non-hydrogen) atoms. The lowest BCUT2D eigenvalue weighted by Crippen LogP contribution is -2.29. The Labute approximate surface area is 136 Å². The molecule has 2 atom stereocenters. The molecular formula is C19H20N2O2. The largest absolute Gasteiger partial charge is 0.483 e. The van der Waals surface area contributed by atoms with Crippen LogP contribution in [0.4, 0.5) is 0 Å². The summed E-state index contributed by atoms with van der Waals surface area (Å²) in [5.41, 5.74) is 1.59. The average Bonchev–Trinajstić information content (AvgIpc) is 2.56. The van der Waals surface area contributed by atoms with E-state index in [1.54, 1.807) is 31.3 Å². The van der Waals surface area contributed by atoms with E-state index in [0.717, 1.165) is 5.56 Å². The number of hydrogen-bond donors (Lipinski definition) is 0. The van der Waals surface area contributed by atoms with E-state index in [4.69, 9.17) is 4.74 Å². The zero-order valence-electron chi connectivity index (χ0n) is 13.6. The number of benzene rings is 1. The van der Waals surface area contributed by atoms with Gasteiger partial charge in [0, 0.05) is 6.20 Å². The van der Waals surface area contributed by atoms with E-state index in [1.165, 1.54) is 0 Å². The third-order valence-electron chi connectivity index (χ3n) is 3.64. The zero-order valence-corrected chi connectivity index (χ0v) is 13.6. The maximum absolute atomic E-state index is 12.5. The van der Waals surface area contributed by atoms with Crippen LogP contribution in [0.3, 0.4) is 0 Å². The highest BCUT2D eigenvalue weighted by molar-refractivity contribution is 5.91. The lowest BCUT2D eigenvalue weighted by Gasteiger charge is -2.17. The van der Waals surface area contributed by atoms with Crippen LogP contribution in [0.25, 0.3) is 0 Å². The van der Waals surface area contributed by atoms with Crippen LogP contribution in [-0.2, 0) is 4.79 Å². The molecular weight excluding hydrogens is 288 g/mol. The zero-order chi connectivity index (χ0) is 16.8. The molecule has 0 aliphatic heterocycles. The third-order valence-corrected chi connectivity index (χ3v) is 3.64. The maximum Gasteiger partial charge on any atom is 0.196 e. The molecule has 0 aliphatic carbocycles. The molecule has 0 aliphatic rings. The van der Waals surface area contributed by atoms with Gasteiger partial charge >= 0.3 is 0 Å². The van der Waals surface area contributed by atoms with Crippen LogP contribution in [-0.4, -0.2) is 16.9 Å². The molecule has 2 rings (SSSR count). The first kappa shape index (κ1) is 16.7. The molecule has 118 valence electrons. The van der Waals surface area contributed by atoms with Crippen LogP contribution >= 0.6 is 0 Å². The van der Waals surface area contributed by atoms with E-state index in [9.17, 15) is 10.1 Å². The van der Waals surface area contributed by atoms with Crippen molar-refractivity contribution in [3.8, 4) is 11.8 Å². The number of ketones is 1. The summed E-state index contributed by atoms with van der Waals surface area (Å²) >= 11 is 0. The van der Waals surface area contributed by atoms with Crippen molar-refractivity contribution in [3.63, 3.8) is 0 Å². The van der Waals surface area contributed by atoms with E-state index in [-0.39, 0.29) is 5.78 Å². The number of ether oxygens (including phenoxy) is 1. The van der Waals surface area contributed by atoms with E-state index in [1.807, 2.05) is 30.3 Å². The van der Waals surface area contributed by atoms with Gasteiger partial charge < -0.3 is 4.74 Å². The Morgan fingerprint density at radius 2 is 1.96 bits per heavy atom. The van der Waals surface area contributed by atoms with Gasteiger partial charge in [-0.05, 0) is 42.7 Å². The van der Waals surface area contributed by atoms with E-state index < -0.39 is 12.0 Å². The van der Waals surface area contributed by atoms with Crippen molar-refractivity contribution in [2.75, 3.05) is 0 Å². The fourth-order valence-electron chi connectivity index (χ4n) is 2.27. The van der Waals surface area contributed by atoms with Gasteiger partial charge in [0.1, 0.15) is 5.75 Å². The molecule has 0 amide bonds. The van der Waals surface area contributed by atoms with Gasteiger partial charge in [0.05, 0.1) is 11.8 Å². The minimum atomic E-state index is -0.917. The van der Waals surface area contributed by atoms with Crippen molar-refractivity contribution >= 4 is 5.78 Å². The molecule has 0 saturated heterocycles. The molecule has 4 heteroatoms. The summed E-state index contributed by atoms with van der Waals surface area (Å²) in [6, 6.07) is 14.9. The smallest absolute Gasteiger partial charge is 0.196 e. The quantitative estimate of drug-likeness (QED) is 0.813. The summed E-state index contributed by atoms with van der Waals surface area (Å²) in [5, 5.41) is 9.32. The first-order valence-electron chi connectivity index (χ1n) is 7.63. The summed E-state index contributed by atoms with van der Waals surface area (Å²) in [5.74, 6) is -0.194. The van der Waals surface area contributed by atoms with Crippen LogP contribution < -0.4 is 4.74 Å². The molecule has 1 heterocycles. The summed E-state index contributed by atoms with van der Waals surface area (Å²) < 4.78 is 5.74. The predicted molar refractivity (Wildman–Crippen MR) is 88.2 cm³/mol. The van der Waals surface area contributed by atoms with Gasteiger partial charge in [0.2, 0.25) is 0 Å². The second-order valence-corrected chi connectivity index (χ2v) is 5.71. The number of pyridine rings is 1. The van der Waals surface area contributed by atoms with E-state index in [2.05, 4.69) is 18.8 Å². The molecule has 0 fully saturated rings. The number of nitrogens with zero attached hydrogens (tertiary/aromatic N) is 2. The van der Waals surface area contributed by atoms with Crippen molar-refractivity contribution < 1.29 is 9.53 Å². The number of nitriles is 1. The number of carbonyl (C=O) groups excluding carboxylic acids is 1. The lowest BCUT2D eigenvalue weighted by molar-refractivity contribution is -0.125. The van der Waals surface area contributed by atoms with Gasteiger partial charge in [-0.2, -0.15) is 5.26 Å². The molecule has 0 saturated carbocycles. The van der Waals surface area contributed by atoms with Gasteiger partial charge in [0.25, 0.3) is 0 Å². The summed E-state index contributed by atoms with van der Waals surface area (Å²) in [7, 11) is 0. The average molecular weight is 308 g/mol. The van der Waals surface area contributed by atoms with Crippen LogP contribution in [0.2, 0.25) is 0 Å². The van der Waals surface area contributed by atoms with Crippen molar-refractivity contribution in [1.82, 2.24) is 4.98 Å². The third kappa shape index (κ3) is 4.17. The topological polar surface area (TPSA) is 63.0 Å². The van der Waals surface area contributed by atoms with Gasteiger partial charge in [-0.1, -0.05) is 32.0 Å². The molecule has 1 aromatic heterocycles. The first-order valence-corrected chi connectivity index (χ1v) is 7.63. The van der Waals surface area contributed by atoms with Crippen molar-refractivity contribution in [2.24, 2.45) is 0 Å². The summed E-state index contributed by atoms with van der Waals surface area (Å²) in [6.45, 7) is 5.86. The number of hydrogen-bond acceptors (Lipinski definition) is 4. The Morgan fingerprint density at radius 1 is 1.17 bits per heavy atom. The summed E-state index contributed by atoms with van der Waals surface area (Å²) in [6.07, 6.45) is 0.856. The molecule has 1 aromatic carbocycles. The minimum Gasteiger partial charge on any atom is -0.483 e. The predicted octanol–water partition coefficient (Wildman–Crippen LogP) is 3.85. The highest BCUT2D eigenvalue weighted by atomic mass is 16.5. The second kappa shape index (κ2) is 7.55. The van der Waals surface area contributed by atoms with E-state index in [0.29, 0.717) is 17.4 Å². The van der Waals surface area contributed by atoms with Crippen LogP contribution in [0, 0.1) is 11.3 Å². The molecule has 0 radical (unpaired) electrons. The minimum absolute atomic E-state index is 0.291. The Morgan fingerprint density at radius 3 is 2.57 bits per heavy atom. The standard InChI is InChI=1S/C19H20N2O2/c1-13(2)15-7-6-8-16(11-15)23-14(3)19(22)17(12-20)18-9-4-5-10-21-18/h4-11,13-14,17H,1-3H3/t14-,17-/m0/s1. The fraction of sp³-hybridized carbons (Fsp3) is 0.316. The number of rotatable bonds is 6. The Bertz CT molecular complexity index is 705. The molecule has 0 bridgehead atoms. The SMILES string of the molecule is CC(C)c1cccc(O[C@@H](C)C(=O)[C@@H](C#N)c2ccccn2)c1. The van der Waals surface area contributed by atoms with Crippen molar-refractivity contribution in [3.05, 3.63) is 59.9 Å². The van der Waals surface area contributed by atoms with Gasteiger partial charge in [-0.25, -0.2) is 0 Å². The Hall–Kier alpha value is -2.67. The van der Waals surface area contributed by atoms with E-state index >= 15 is 0 Å². The van der Waals surface area contributed by atoms with Gasteiger partial charge in [0.15, 0.2) is 17.8 Å². The highest BCUT2D eigenvalue weighted by Gasteiger charge is 2.27. The number of carbonyl (C=O) groups is 1. The Kier molecular flexibility index (Phi) is 5.48. The number of aromatic nitrogens is 1. The highest BCUT2D eigenvalue weighted by Crippen LogP contribution is 2.23. The van der Waals surface area contributed by atoms with Crippen molar-refractivity contribution in [2.45, 2.75) is 38.7 Å². The Balaban J connectivity index is 2.13. The lowest BCUT2D eigenvalue weighted by atomic mass is 9.97. The van der Waals surface area contributed by atoms with Crippen LogP contribution in [0.5, 0.6) is 5.75 Å². The van der Waals surface area contributed by atoms with Gasteiger partial charge in [-0.15, -0.1) is 0 Å². The van der Waals surface area contributed by atoms with Crippen molar-refractivity contribution in [1.29, 1.82) is 5.26 Å². The van der Waals surface area contributed by atoms with Gasteiger partial charge in [-0.3, -0.25) is 9.78 Å². The van der Waals surface area contributed by atoms with Crippen LogP contribution in [0.1, 0.15) is 43.9 Å². The molecule has 0 spiro atoms. The van der Waals surface area contributed by atoms with Crippen LogP contribution in [0.15, 0.2) is 48.7 Å². The molecule has 0 unspecified atom stereocenters. The molecule has 2 aromatic rings. The normalized spacial score (nSPS) is 13.2. The first-order chi connectivity index (χ1) is 11.0. The maximum atomic E-state index is 12.5. The monoisotopic (exact) mass is 308 g/mol. The second-order valence-electron chi connectivity index (χ2n) is 5.71. The summed E-state index contributed by atoms with van der Waals surface area (Å²) in [4.78, 5) is 16.6. The molecule has 4 nitrogen and oxygen atoms in total. The molecule has 0 N–H and O–H groups in total. The fourth-order valence-corrected chi connectivity index (χ4v) is 2.27. The number of Topliss-reactive ketones (excluding diaryl/α,β-unsaturated/α-hetero) is 1.